The van der Waals surface area contributed by atoms with E-state index in [4.69, 9.17) is 9.15 Å². The van der Waals surface area contributed by atoms with Crippen molar-refractivity contribution in [1.82, 2.24) is 5.32 Å². The van der Waals surface area contributed by atoms with Crippen molar-refractivity contribution in [3.05, 3.63) is 23.7 Å². The quantitative estimate of drug-likeness (QED) is 0.704. The lowest BCUT2D eigenvalue weighted by Gasteiger charge is -2.07. The monoisotopic (exact) mass is 211 g/mol. The first-order valence-corrected chi connectivity index (χ1v) is 5.61. The number of nitrogens with one attached hydrogen (secondary N) is 1. The van der Waals surface area contributed by atoms with Gasteiger partial charge in [0.25, 0.3) is 0 Å². The van der Waals surface area contributed by atoms with E-state index in [-0.39, 0.29) is 6.10 Å². The molecule has 0 saturated heterocycles. The third kappa shape index (κ3) is 4.49. The van der Waals surface area contributed by atoms with Crippen LogP contribution in [0.15, 0.2) is 16.7 Å². The van der Waals surface area contributed by atoms with Crippen LogP contribution in [0.2, 0.25) is 0 Å². The van der Waals surface area contributed by atoms with Crippen molar-refractivity contribution in [2.24, 2.45) is 0 Å². The highest BCUT2D eigenvalue weighted by atomic mass is 16.5. The Morgan fingerprint density at radius 2 is 2.27 bits per heavy atom. The van der Waals surface area contributed by atoms with Crippen molar-refractivity contribution < 1.29 is 9.15 Å². The smallest absolute Gasteiger partial charge is 0.133 e. The third-order valence-corrected chi connectivity index (χ3v) is 2.13. The highest BCUT2D eigenvalue weighted by Crippen LogP contribution is 2.12. The molecule has 0 atom stereocenters. The van der Waals surface area contributed by atoms with Gasteiger partial charge < -0.3 is 14.5 Å². The molecule has 3 nitrogen and oxygen atoms in total. The summed E-state index contributed by atoms with van der Waals surface area (Å²) >= 11 is 0. The second-order valence-electron chi connectivity index (χ2n) is 3.91. The standard InChI is InChI=1S/C12H21NO2/c1-4-6-13-8-11-5-7-14-12(11)9-15-10(2)3/h5,7,10,13H,4,6,8-9H2,1-3H3. The first-order valence-electron chi connectivity index (χ1n) is 5.61. The van der Waals surface area contributed by atoms with Gasteiger partial charge in [-0.1, -0.05) is 6.92 Å². The molecular formula is C12H21NO2. The predicted octanol–water partition coefficient (Wildman–Crippen LogP) is 2.70. The van der Waals surface area contributed by atoms with Crippen molar-refractivity contribution in [1.29, 1.82) is 0 Å². The second kappa shape index (κ2) is 6.64. The SMILES string of the molecule is CCCNCc1ccoc1COC(C)C. The van der Waals surface area contributed by atoms with E-state index >= 15 is 0 Å². The summed E-state index contributed by atoms with van der Waals surface area (Å²) in [5.41, 5.74) is 1.20. The summed E-state index contributed by atoms with van der Waals surface area (Å²) in [7, 11) is 0. The molecule has 0 radical (unpaired) electrons. The molecule has 1 N–H and O–H groups in total. The average molecular weight is 211 g/mol. The van der Waals surface area contributed by atoms with E-state index in [1.807, 2.05) is 19.9 Å². The Bertz CT molecular complexity index is 268. The predicted molar refractivity (Wildman–Crippen MR) is 60.6 cm³/mol. The van der Waals surface area contributed by atoms with E-state index in [2.05, 4.69) is 12.2 Å². The third-order valence-electron chi connectivity index (χ3n) is 2.13. The molecule has 0 unspecified atom stereocenters. The van der Waals surface area contributed by atoms with Gasteiger partial charge in [-0.2, -0.15) is 0 Å². The van der Waals surface area contributed by atoms with Gasteiger partial charge in [-0.25, -0.2) is 0 Å². The fraction of sp³-hybridized carbons (Fsp3) is 0.667. The van der Waals surface area contributed by atoms with Gasteiger partial charge in [0, 0.05) is 12.1 Å². The van der Waals surface area contributed by atoms with Crippen LogP contribution in [-0.4, -0.2) is 12.6 Å². The minimum absolute atomic E-state index is 0.242. The van der Waals surface area contributed by atoms with Crippen molar-refractivity contribution in [2.45, 2.75) is 46.4 Å². The van der Waals surface area contributed by atoms with Crippen LogP contribution in [-0.2, 0) is 17.9 Å². The molecule has 15 heavy (non-hydrogen) atoms. The number of furan rings is 1. The van der Waals surface area contributed by atoms with Gasteiger partial charge in [0.2, 0.25) is 0 Å². The van der Waals surface area contributed by atoms with Crippen LogP contribution < -0.4 is 5.32 Å². The van der Waals surface area contributed by atoms with E-state index in [0.717, 1.165) is 25.3 Å². The molecule has 0 aliphatic carbocycles. The van der Waals surface area contributed by atoms with Gasteiger partial charge in [0.15, 0.2) is 0 Å². The zero-order chi connectivity index (χ0) is 11.1. The van der Waals surface area contributed by atoms with Gasteiger partial charge in [-0.05, 0) is 32.9 Å². The Labute approximate surface area is 91.8 Å². The first-order chi connectivity index (χ1) is 7.24. The molecule has 1 heterocycles. The number of hydrogen-bond acceptors (Lipinski definition) is 3. The Balaban J connectivity index is 2.39. The maximum absolute atomic E-state index is 5.51. The van der Waals surface area contributed by atoms with E-state index in [1.54, 1.807) is 6.26 Å². The molecule has 0 fully saturated rings. The Morgan fingerprint density at radius 3 is 2.93 bits per heavy atom. The summed E-state index contributed by atoms with van der Waals surface area (Å²) < 4.78 is 10.9. The molecule has 0 aliphatic rings. The molecule has 1 aromatic rings. The van der Waals surface area contributed by atoms with Crippen LogP contribution in [0.1, 0.15) is 38.5 Å². The Hall–Kier alpha value is -0.800. The van der Waals surface area contributed by atoms with Crippen molar-refractivity contribution >= 4 is 0 Å². The van der Waals surface area contributed by atoms with E-state index in [9.17, 15) is 0 Å². The number of rotatable bonds is 7. The lowest BCUT2D eigenvalue weighted by Crippen LogP contribution is -2.14. The lowest BCUT2D eigenvalue weighted by molar-refractivity contribution is 0.0539. The maximum Gasteiger partial charge on any atom is 0.133 e. The fourth-order valence-corrected chi connectivity index (χ4v) is 1.29. The lowest BCUT2D eigenvalue weighted by atomic mass is 10.2. The summed E-state index contributed by atoms with van der Waals surface area (Å²) in [6, 6.07) is 2.00. The van der Waals surface area contributed by atoms with Crippen molar-refractivity contribution in [2.75, 3.05) is 6.54 Å². The zero-order valence-electron chi connectivity index (χ0n) is 9.88. The highest BCUT2D eigenvalue weighted by Gasteiger charge is 2.06. The minimum atomic E-state index is 0.242. The summed E-state index contributed by atoms with van der Waals surface area (Å²) in [6.07, 6.45) is 3.11. The van der Waals surface area contributed by atoms with E-state index in [0.29, 0.717) is 6.61 Å². The molecule has 0 bridgehead atoms. The summed E-state index contributed by atoms with van der Waals surface area (Å²) in [5.74, 6) is 0.937. The van der Waals surface area contributed by atoms with E-state index < -0.39 is 0 Å². The Morgan fingerprint density at radius 1 is 1.47 bits per heavy atom. The molecule has 0 spiro atoms. The van der Waals surface area contributed by atoms with Crippen molar-refractivity contribution in [3.63, 3.8) is 0 Å². The van der Waals surface area contributed by atoms with Gasteiger partial charge >= 0.3 is 0 Å². The maximum atomic E-state index is 5.51. The van der Waals surface area contributed by atoms with Gasteiger partial charge in [-0.15, -0.1) is 0 Å². The normalized spacial score (nSPS) is 11.2. The average Bonchev–Trinajstić information content (AvgIpc) is 2.63. The number of ether oxygens (including phenoxy) is 1. The summed E-state index contributed by atoms with van der Waals surface area (Å²) in [6.45, 7) is 8.67. The molecule has 0 saturated carbocycles. The zero-order valence-corrected chi connectivity index (χ0v) is 9.88. The first kappa shape index (κ1) is 12.3. The molecule has 0 aromatic carbocycles. The molecule has 0 amide bonds. The molecule has 1 rings (SSSR count). The topological polar surface area (TPSA) is 34.4 Å². The molecule has 86 valence electrons. The molecule has 0 aliphatic heterocycles. The number of hydrogen-bond donors (Lipinski definition) is 1. The van der Waals surface area contributed by atoms with Crippen LogP contribution in [0.25, 0.3) is 0 Å². The summed E-state index contributed by atoms with van der Waals surface area (Å²) in [4.78, 5) is 0. The molecule has 1 aromatic heterocycles. The largest absolute Gasteiger partial charge is 0.467 e. The van der Waals surface area contributed by atoms with Gasteiger partial charge in [-0.3, -0.25) is 0 Å². The summed E-state index contributed by atoms with van der Waals surface area (Å²) in [5, 5.41) is 3.35. The minimum Gasteiger partial charge on any atom is -0.467 e. The van der Waals surface area contributed by atoms with Crippen molar-refractivity contribution in [3.8, 4) is 0 Å². The van der Waals surface area contributed by atoms with Crippen LogP contribution in [0, 0.1) is 0 Å². The fourth-order valence-electron chi connectivity index (χ4n) is 1.29. The van der Waals surface area contributed by atoms with Crippen LogP contribution in [0.4, 0.5) is 0 Å². The van der Waals surface area contributed by atoms with Crippen LogP contribution in [0.3, 0.4) is 0 Å². The second-order valence-corrected chi connectivity index (χ2v) is 3.91. The molecule has 3 heteroatoms. The van der Waals surface area contributed by atoms with Crippen LogP contribution in [0.5, 0.6) is 0 Å². The molecular weight excluding hydrogens is 190 g/mol. The van der Waals surface area contributed by atoms with Crippen LogP contribution >= 0.6 is 0 Å². The Kier molecular flexibility index (Phi) is 5.43. The van der Waals surface area contributed by atoms with E-state index in [1.165, 1.54) is 5.56 Å². The highest BCUT2D eigenvalue weighted by molar-refractivity contribution is 5.16. The van der Waals surface area contributed by atoms with Gasteiger partial charge in [0.05, 0.1) is 12.4 Å². The van der Waals surface area contributed by atoms with Gasteiger partial charge in [0.1, 0.15) is 12.4 Å².